The molecule has 34 heavy (non-hydrogen) atoms. The van der Waals surface area contributed by atoms with Crippen LogP contribution in [0.1, 0.15) is 18.1 Å². The number of ether oxygens (including phenoxy) is 2. The van der Waals surface area contributed by atoms with Crippen LogP contribution in [0.4, 0.5) is 5.69 Å². The normalized spacial score (nSPS) is 10.5. The summed E-state index contributed by atoms with van der Waals surface area (Å²) in [6.07, 6.45) is 4.36. The summed E-state index contributed by atoms with van der Waals surface area (Å²) >= 11 is 5.24. The monoisotopic (exact) mass is 472 g/mol. The molecule has 1 amide bonds. The Labute approximate surface area is 203 Å². The fourth-order valence-electron chi connectivity index (χ4n) is 3.49. The lowest BCUT2D eigenvalue weighted by molar-refractivity contribution is -0.119. The highest BCUT2D eigenvalue weighted by molar-refractivity contribution is 7.80. The van der Waals surface area contributed by atoms with Gasteiger partial charge in [-0.05, 0) is 48.0 Å². The number of benzene rings is 2. The van der Waals surface area contributed by atoms with Gasteiger partial charge in [0.1, 0.15) is 11.5 Å². The number of methoxy groups -OCH3 is 1. The number of hydrogen-bond donors (Lipinski definition) is 2. The lowest BCUT2D eigenvalue weighted by atomic mass is 10.1. The van der Waals surface area contributed by atoms with E-state index in [0.717, 1.165) is 34.2 Å². The van der Waals surface area contributed by atoms with Gasteiger partial charge in [0.25, 0.3) is 0 Å². The molecular formula is C26H24N4O3S. The summed E-state index contributed by atoms with van der Waals surface area (Å²) in [5.41, 5.74) is 3.40. The number of nitrogens with zero attached hydrogens (tertiary/aromatic N) is 2. The van der Waals surface area contributed by atoms with E-state index in [4.69, 9.17) is 21.7 Å². The van der Waals surface area contributed by atoms with Crippen molar-refractivity contribution in [2.24, 2.45) is 0 Å². The molecule has 0 atom stereocenters. The summed E-state index contributed by atoms with van der Waals surface area (Å²) in [6, 6.07) is 18.7. The second kappa shape index (κ2) is 10.7. The van der Waals surface area contributed by atoms with Crippen molar-refractivity contribution in [1.29, 1.82) is 0 Å². The molecule has 2 aromatic carbocycles. The SMILES string of the molecule is CCc1cc2c(Oc3ccc(NC(=S)NC(=O)Cc4ccccc4)cn3)ccnc2cc1OC. The number of pyridine rings is 2. The Hall–Kier alpha value is -4.04. The third-order valence-corrected chi connectivity index (χ3v) is 5.36. The number of thiocarbonyl (C=S) groups is 1. The number of aryl methyl sites for hydroxylation is 1. The quantitative estimate of drug-likeness (QED) is 0.364. The van der Waals surface area contributed by atoms with Crippen LogP contribution < -0.4 is 20.1 Å². The summed E-state index contributed by atoms with van der Waals surface area (Å²) in [5.74, 6) is 1.69. The molecular weight excluding hydrogens is 448 g/mol. The average molecular weight is 473 g/mol. The molecule has 2 N–H and O–H groups in total. The fraction of sp³-hybridized carbons (Fsp3) is 0.154. The van der Waals surface area contributed by atoms with E-state index in [9.17, 15) is 4.79 Å². The Bertz CT molecular complexity index is 1310. The van der Waals surface area contributed by atoms with E-state index in [1.807, 2.05) is 42.5 Å². The summed E-state index contributed by atoms with van der Waals surface area (Å²) < 4.78 is 11.5. The Balaban J connectivity index is 1.40. The molecule has 2 heterocycles. The molecule has 0 fully saturated rings. The van der Waals surface area contributed by atoms with Crippen LogP contribution in [0.5, 0.6) is 17.4 Å². The van der Waals surface area contributed by atoms with Crippen LogP contribution in [0.3, 0.4) is 0 Å². The first-order chi connectivity index (χ1) is 16.6. The highest BCUT2D eigenvalue weighted by atomic mass is 32.1. The van der Waals surface area contributed by atoms with Crippen LogP contribution in [0.2, 0.25) is 0 Å². The third kappa shape index (κ3) is 5.65. The predicted molar refractivity (Wildman–Crippen MR) is 136 cm³/mol. The number of amides is 1. The molecule has 0 bridgehead atoms. The molecule has 0 saturated carbocycles. The number of aromatic nitrogens is 2. The largest absolute Gasteiger partial charge is 0.496 e. The number of carbonyl (C=O) groups excluding carboxylic acids is 1. The number of anilines is 1. The smallest absolute Gasteiger partial charge is 0.230 e. The minimum atomic E-state index is -0.191. The summed E-state index contributed by atoms with van der Waals surface area (Å²) in [7, 11) is 1.65. The zero-order valence-corrected chi connectivity index (χ0v) is 19.7. The van der Waals surface area contributed by atoms with Crippen molar-refractivity contribution in [3.8, 4) is 17.4 Å². The van der Waals surface area contributed by atoms with Gasteiger partial charge in [-0.15, -0.1) is 0 Å². The van der Waals surface area contributed by atoms with E-state index in [1.165, 1.54) is 0 Å². The molecule has 172 valence electrons. The maximum absolute atomic E-state index is 12.2. The molecule has 0 spiro atoms. The van der Waals surface area contributed by atoms with Crippen LogP contribution in [-0.2, 0) is 17.6 Å². The summed E-state index contributed by atoms with van der Waals surface area (Å²) in [6.45, 7) is 2.07. The molecule has 2 aromatic heterocycles. The first-order valence-electron chi connectivity index (χ1n) is 10.8. The summed E-state index contributed by atoms with van der Waals surface area (Å²) in [5, 5.41) is 6.73. The van der Waals surface area contributed by atoms with Crippen molar-refractivity contribution in [2.75, 3.05) is 12.4 Å². The van der Waals surface area contributed by atoms with Crippen molar-refractivity contribution in [1.82, 2.24) is 15.3 Å². The van der Waals surface area contributed by atoms with Gasteiger partial charge in [0.15, 0.2) is 5.11 Å². The predicted octanol–water partition coefficient (Wildman–Crippen LogP) is 5.05. The van der Waals surface area contributed by atoms with Crippen molar-refractivity contribution < 1.29 is 14.3 Å². The van der Waals surface area contributed by atoms with E-state index >= 15 is 0 Å². The number of carbonyl (C=O) groups is 1. The Kier molecular flexibility index (Phi) is 7.29. The molecule has 8 heteroatoms. The van der Waals surface area contributed by atoms with Gasteiger partial charge < -0.3 is 20.1 Å². The maximum Gasteiger partial charge on any atom is 0.230 e. The minimum Gasteiger partial charge on any atom is -0.496 e. The topological polar surface area (TPSA) is 85.4 Å². The molecule has 0 aliphatic heterocycles. The standard InChI is InChI=1S/C26H24N4O3S/c1-3-18-14-20-21(15-23(18)32-2)27-12-11-22(20)33-25-10-9-19(16-28-25)29-26(34)30-24(31)13-17-7-5-4-6-8-17/h4-12,14-16H,3,13H2,1-2H3,(H2,29,30,31,34). The van der Waals surface area contributed by atoms with E-state index < -0.39 is 0 Å². The number of fused-ring (bicyclic) bond motifs is 1. The first-order valence-corrected chi connectivity index (χ1v) is 11.2. The Morgan fingerprint density at radius 1 is 1.03 bits per heavy atom. The van der Waals surface area contributed by atoms with E-state index in [2.05, 4.69) is 27.5 Å². The summed E-state index contributed by atoms with van der Waals surface area (Å²) in [4.78, 5) is 21.0. The maximum atomic E-state index is 12.2. The number of hydrogen-bond acceptors (Lipinski definition) is 6. The van der Waals surface area contributed by atoms with Crippen LogP contribution in [0, 0.1) is 0 Å². The zero-order valence-electron chi connectivity index (χ0n) is 18.9. The van der Waals surface area contributed by atoms with Gasteiger partial charge in [-0.1, -0.05) is 37.3 Å². The zero-order chi connectivity index (χ0) is 23.9. The molecule has 4 aromatic rings. The molecule has 0 aliphatic rings. The van der Waals surface area contributed by atoms with Gasteiger partial charge in [-0.3, -0.25) is 9.78 Å². The fourth-order valence-corrected chi connectivity index (χ4v) is 3.72. The van der Waals surface area contributed by atoms with Crippen molar-refractivity contribution in [3.05, 3.63) is 84.2 Å². The van der Waals surface area contributed by atoms with Crippen LogP contribution >= 0.6 is 12.2 Å². The highest BCUT2D eigenvalue weighted by Gasteiger charge is 2.11. The lowest BCUT2D eigenvalue weighted by Crippen LogP contribution is -2.35. The molecule has 7 nitrogen and oxygen atoms in total. The first kappa shape index (κ1) is 23.1. The van der Waals surface area contributed by atoms with Crippen LogP contribution in [-0.4, -0.2) is 28.1 Å². The highest BCUT2D eigenvalue weighted by Crippen LogP contribution is 2.33. The number of nitrogens with one attached hydrogen (secondary N) is 2. The van der Waals surface area contributed by atoms with Gasteiger partial charge in [0.2, 0.25) is 11.8 Å². The molecule has 0 aliphatic carbocycles. The second-order valence-electron chi connectivity index (χ2n) is 7.50. The Morgan fingerprint density at radius 2 is 1.85 bits per heavy atom. The van der Waals surface area contributed by atoms with Crippen molar-refractivity contribution in [3.63, 3.8) is 0 Å². The molecule has 0 saturated heterocycles. The van der Waals surface area contributed by atoms with Gasteiger partial charge in [-0.2, -0.15) is 0 Å². The van der Waals surface area contributed by atoms with Gasteiger partial charge in [0.05, 0.1) is 30.9 Å². The van der Waals surface area contributed by atoms with E-state index in [1.54, 1.807) is 37.7 Å². The van der Waals surface area contributed by atoms with E-state index in [0.29, 0.717) is 17.3 Å². The van der Waals surface area contributed by atoms with Gasteiger partial charge in [0, 0.05) is 23.7 Å². The van der Waals surface area contributed by atoms with Crippen molar-refractivity contribution >= 4 is 39.8 Å². The lowest BCUT2D eigenvalue weighted by Gasteiger charge is -2.12. The number of rotatable bonds is 7. The Morgan fingerprint density at radius 3 is 2.56 bits per heavy atom. The average Bonchev–Trinajstić information content (AvgIpc) is 2.85. The molecule has 0 radical (unpaired) electrons. The van der Waals surface area contributed by atoms with Crippen LogP contribution in [0.15, 0.2) is 73.1 Å². The van der Waals surface area contributed by atoms with Crippen LogP contribution in [0.25, 0.3) is 10.9 Å². The van der Waals surface area contributed by atoms with E-state index in [-0.39, 0.29) is 17.4 Å². The van der Waals surface area contributed by atoms with Gasteiger partial charge in [-0.25, -0.2) is 4.98 Å². The van der Waals surface area contributed by atoms with Gasteiger partial charge >= 0.3 is 0 Å². The van der Waals surface area contributed by atoms with Crippen molar-refractivity contribution in [2.45, 2.75) is 19.8 Å². The molecule has 4 rings (SSSR count). The minimum absolute atomic E-state index is 0.191. The molecule has 0 unspecified atom stereocenters. The third-order valence-electron chi connectivity index (χ3n) is 5.15. The second-order valence-corrected chi connectivity index (χ2v) is 7.90.